The molecule has 0 spiro atoms. The van der Waals surface area contributed by atoms with Crippen molar-refractivity contribution in [2.24, 2.45) is 5.92 Å². The SMILES string of the molecule is Cc1ccccc1NC(=O)NCC(C)C(=O)O. The summed E-state index contributed by atoms with van der Waals surface area (Å²) in [6.45, 7) is 3.53. The van der Waals surface area contributed by atoms with E-state index in [9.17, 15) is 9.59 Å². The molecule has 5 heteroatoms. The van der Waals surface area contributed by atoms with Gasteiger partial charge >= 0.3 is 12.0 Å². The first-order valence-electron chi connectivity index (χ1n) is 5.34. The standard InChI is InChI=1S/C12H16N2O3/c1-8-5-3-4-6-10(8)14-12(17)13-7-9(2)11(15)16/h3-6,9H,7H2,1-2H3,(H,15,16)(H2,13,14,17). The molecule has 0 aliphatic rings. The van der Waals surface area contributed by atoms with Gasteiger partial charge in [0.1, 0.15) is 0 Å². The van der Waals surface area contributed by atoms with Crippen LogP contribution < -0.4 is 10.6 Å². The molecule has 2 amide bonds. The molecule has 0 bridgehead atoms. The average Bonchev–Trinajstić information content (AvgIpc) is 2.29. The predicted molar refractivity (Wildman–Crippen MR) is 65.0 cm³/mol. The summed E-state index contributed by atoms with van der Waals surface area (Å²) in [5, 5.41) is 13.8. The van der Waals surface area contributed by atoms with Crippen LogP contribution in [-0.4, -0.2) is 23.7 Å². The maximum absolute atomic E-state index is 11.5. The minimum absolute atomic E-state index is 0.104. The number of hydrogen-bond donors (Lipinski definition) is 3. The van der Waals surface area contributed by atoms with Crippen molar-refractivity contribution in [2.75, 3.05) is 11.9 Å². The van der Waals surface area contributed by atoms with E-state index in [2.05, 4.69) is 10.6 Å². The predicted octanol–water partition coefficient (Wildman–Crippen LogP) is 1.84. The summed E-state index contributed by atoms with van der Waals surface area (Å²) in [5.41, 5.74) is 1.67. The lowest BCUT2D eigenvalue weighted by molar-refractivity contribution is -0.140. The van der Waals surface area contributed by atoms with Gasteiger partial charge in [-0.05, 0) is 18.6 Å². The Morgan fingerprint density at radius 3 is 2.59 bits per heavy atom. The van der Waals surface area contributed by atoms with E-state index < -0.39 is 17.9 Å². The normalized spacial score (nSPS) is 11.6. The molecule has 5 nitrogen and oxygen atoms in total. The Labute approximate surface area is 99.8 Å². The summed E-state index contributed by atoms with van der Waals surface area (Å²) < 4.78 is 0. The van der Waals surface area contributed by atoms with E-state index in [1.807, 2.05) is 25.1 Å². The maximum Gasteiger partial charge on any atom is 0.319 e. The lowest BCUT2D eigenvalue weighted by atomic mass is 10.2. The largest absolute Gasteiger partial charge is 0.481 e. The third-order valence-electron chi connectivity index (χ3n) is 2.38. The highest BCUT2D eigenvalue weighted by molar-refractivity contribution is 5.90. The molecule has 1 atom stereocenters. The summed E-state index contributed by atoms with van der Waals surface area (Å²) in [4.78, 5) is 22.0. The van der Waals surface area contributed by atoms with Crippen molar-refractivity contribution in [1.29, 1.82) is 0 Å². The van der Waals surface area contributed by atoms with Crippen LogP contribution in [0.2, 0.25) is 0 Å². The third kappa shape index (κ3) is 4.14. The van der Waals surface area contributed by atoms with Crippen molar-refractivity contribution in [3.05, 3.63) is 29.8 Å². The molecule has 0 saturated carbocycles. The second-order valence-corrected chi connectivity index (χ2v) is 3.89. The Kier molecular flexibility index (Phi) is 4.51. The summed E-state index contributed by atoms with van der Waals surface area (Å²) >= 11 is 0. The van der Waals surface area contributed by atoms with Gasteiger partial charge in [0, 0.05) is 12.2 Å². The number of anilines is 1. The fraction of sp³-hybridized carbons (Fsp3) is 0.333. The zero-order valence-electron chi connectivity index (χ0n) is 9.86. The van der Waals surface area contributed by atoms with Crippen LogP contribution in [0.5, 0.6) is 0 Å². The van der Waals surface area contributed by atoms with Crippen LogP contribution in [0.25, 0.3) is 0 Å². The van der Waals surface area contributed by atoms with Crippen molar-refractivity contribution in [2.45, 2.75) is 13.8 Å². The van der Waals surface area contributed by atoms with Gasteiger partial charge in [0.05, 0.1) is 5.92 Å². The van der Waals surface area contributed by atoms with E-state index in [4.69, 9.17) is 5.11 Å². The van der Waals surface area contributed by atoms with Crippen LogP contribution in [0.3, 0.4) is 0 Å². The highest BCUT2D eigenvalue weighted by Gasteiger charge is 2.12. The molecule has 0 fully saturated rings. The van der Waals surface area contributed by atoms with E-state index in [0.29, 0.717) is 5.69 Å². The number of carbonyl (C=O) groups is 2. The van der Waals surface area contributed by atoms with Crippen molar-refractivity contribution >= 4 is 17.7 Å². The first-order valence-corrected chi connectivity index (χ1v) is 5.34. The number of nitrogens with one attached hydrogen (secondary N) is 2. The molecule has 1 rings (SSSR count). The molecule has 0 radical (unpaired) electrons. The number of urea groups is 1. The Morgan fingerprint density at radius 2 is 2.00 bits per heavy atom. The van der Waals surface area contributed by atoms with Crippen LogP contribution in [0.4, 0.5) is 10.5 Å². The summed E-state index contributed by atoms with van der Waals surface area (Å²) in [6.07, 6.45) is 0. The molecule has 0 aliphatic heterocycles. The van der Waals surface area contributed by atoms with E-state index in [1.165, 1.54) is 6.92 Å². The molecule has 0 saturated heterocycles. The van der Waals surface area contributed by atoms with Gasteiger partial charge in [-0.3, -0.25) is 4.79 Å². The maximum atomic E-state index is 11.5. The van der Waals surface area contributed by atoms with Crippen LogP contribution in [0.1, 0.15) is 12.5 Å². The first-order chi connectivity index (χ1) is 8.00. The monoisotopic (exact) mass is 236 g/mol. The number of hydrogen-bond acceptors (Lipinski definition) is 2. The van der Waals surface area contributed by atoms with Gasteiger partial charge in [-0.1, -0.05) is 25.1 Å². The third-order valence-corrected chi connectivity index (χ3v) is 2.38. The molecule has 0 aromatic heterocycles. The number of amides is 2. The topological polar surface area (TPSA) is 78.4 Å². The zero-order valence-corrected chi connectivity index (χ0v) is 9.86. The summed E-state index contributed by atoms with van der Waals surface area (Å²) in [6, 6.07) is 6.98. The molecular formula is C12H16N2O3. The smallest absolute Gasteiger partial charge is 0.319 e. The molecule has 92 valence electrons. The highest BCUT2D eigenvalue weighted by Crippen LogP contribution is 2.12. The number of carbonyl (C=O) groups excluding carboxylic acids is 1. The molecule has 1 aromatic rings. The van der Waals surface area contributed by atoms with Crippen molar-refractivity contribution in [3.8, 4) is 0 Å². The molecule has 1 aromatic carbocycles. The Hall–Kier alpha value is -2.04. The number of aryl methyl sites for hydroxylation is 1. The lowest BCUT2D eigenvalue weighted by Gasteiger charge is -2.11. The quantitative estimate of drug-likeness (QED) is 0.746. The molecule has 1 unspecified atom stereocenters. The molecule has 0 aliphatic carbocycles. The van der Waals surface area contributed by atoms with Gasteiger partial charge in [0.2, 0.25) is 0 Å². The summed E-state index contributed by atoms with van der Waals surface area (Å²) in [5.74, 6) is -1.53. The average molecular weight is 236 g/mol. The second-order valence-electron chi connectivity index (χ2n) is 3.89. The number of benzene rings is 1. The van der Waals surface area contributed by atoms with Crippen molar-refractivity contribution < 1.29 is 14.7 Å². The molecular weight excluding hydrogens is 220 g/mol. The van der Waals surface area contributed by atoms with Crippen LogP contribution in [-0.2, 0) is 4.79 Å². The first kappa shape index (κ1) is 13.0. The van der Waals surface area contributed by atoms with Crippen LogP contribution in [0.15, 0.2) is 24.3 Å². The number of carboxylic acids is 1. The van der Waals surface area contributed by atoms with E-state index in [-0.39, 0.29) is 6.54 Å². The summed E-state index contributed by atoms with van der Waals surface area (Å²) in [7, 11) is 0. The minimum Gasteiger partial charge on any atom is -0.481 e. The second kappa shape index (κ2) is 5.89. The van der Waals surface area contributed by atoms with Gasteiger partial charge in [0.15, 0.2) is 0 Å². The Bertz CT molecular complexity index is 418. The van der Waals surface area contributed by atoms with Gasteiger partial charge < -0.3 is 15.7 Å². The van der Waals surface area contributed by atoms with E-state index in [0.717, 1.165) is 5.56 Å². The fourth-order valence-electron chi connectivity index (χ4n) is 1.21. The van der Waals surface area contributed by atoms with Crippen molar-refractivity contribution in [1.82, 2.24) is 5.32 Å². The van der Waals surface area contributed by atoms with Crippen LogP contribution >= 0.6 is 0 Å². The number of para-hydroxylation sites is 1. The van der Waals surface area contributed by atoms with Crippen molar-refractivity contribution in [3.63, 3.8) is 0 Å². The van der Waals surface area contributed by atoms with Crippen LogP contribution in [0, 0.1) is 12.8 Å². The minimum atomic E-state index is -0.929. The highest BCUT2D eigenvalue weighted by atomic mass is 16.4. The number of rotatable bonds is 4. The molecule has 0 heterocycles. The van der Waals surface area contributed by atoms with Gasteiger partial charge in [-0.15, -0.1) is 0 Å². The van der Waals surface area contributed by atoms with Gasteiger partial charge in [-0.2, -0.15) is 0 Å². The van der Waals surface area contributed by atoms with Gasteiger partial charge in [0.25, 0.3) is 0 Å². The van der Waals surface area contributed by atoms with E-state index >= 15 is 0 Å². The Balaban J connectivity index is 2.46. The zero-order chi connectivity index (χ0) is 12.8. The Morgan fingerprint density at radius 1 is 1.35 bits per heavy atom. The molecule has 17 heavy (non-hydrogen) atoms. The van der Waals surface area contributed by atoms with E-state index in [1.54, 1.807) is 6.07 Å². The van der Waals surface area contributed by atoms with Gasteiger partial charge in [-0.25, -0.2) is 4.79 Å². The lowest BCUT2D eigenvalue weighted by Crippen LogP contribution is -2.34. The molecule has 3 N–H and O–H groups in total. The number of carboxylic acid groups (broad SMARTS) is 1. The number of aliphatic carboxylic acids is 1. The fourth-order valence-corrected chi connectivity index (χ4v) is 1.21.